The van der Waals surface area contributed by atoms with Crippen LogP contribution in [0.2, 0.25) is 0 Å². The Balaban J connectivity index is 2.34. The Morgan fingerprint density at radius 1 is 1.53 bits per heavy atom. The number of carbonyl (C=O) groups excluding carboxylic acids is 1. The summed E-state index contributed by atoms with van der Waals surface area (Å²) in [5.41, 5.74) is 2.13. The molecule has 1 aromatic carbocycles. The van der Waals surface area contributed by atoms with Crippen molar-refractivity contribution in [2.24, 2.45) is 0 Å². The Bertz CT molecular complexity index is 636. The lowest BCUT2D eigenvalue weighted by Gasteiger charge is -2.25. The van der Waals surface area contributed by atoms with Crippen molar-refractivity contribution in [1.29, 1.82) is 0 Å². The Labute approximate surface area is 113 Å². The van der Waals surface area contributed by atoms with Gasteiger partial charge in [-0.05, 0) is 49.9 Å². The van der Waals surface area contributed by atoms with E-state index in [1.165, 1.54) is 0 Å². The first-order chi connectivity index (χ1) is 8.00. The number of carbonyl (C=O) groups is 1. The van der Waals surface area contributed by atoms with E-state index >= 15 is 0 Å². The third-order valence-electron chi connectivity index (χ3n) is 3.03. The van der Waals surface area contributed by atoms with Gasteiger partial charge >= 0.3 is 0 Å². The van der Waals surface area contributed by atoms with Crippen molar-refractivity contribution in [3.8, 4) is 0 Å². The minimum atomic E-state index is -1.94. The molecule has 1 heterocycles. The Hall–Kier alpha value is -0.750. The molecule has 1 aliphatic rings. The van der Waals surface area contributed by atoms with Gasteiger partial charge in [-0.15, -0.1) is 0 Å². The number of nitrogens with one attached hydrogen (secondary N) is 1. The van der Waals surface area contributed by atoms with E-state index in [0.717, 1.165) is 16.5 Å². The number of hydrogen-bond acceptors (Lipinski definition) is 2. The summed E-state index contributed by atoms with van der Waals surface area (Å²) >= 11 is 6.23. The van der Waals surface area contributed by atoms with Gasteiger partial charge in [-0.2, -0.15) is 5.10 Å². The summed E-state index contributed by atoms with van der Waals surface area (Å²) in [6.45, 7) is 0. The van der Waals surface area contributed by atoms with Crippen molar-refractivity contribution in [2.75, 3.05) is 0 Å². The molecule has 1 N–H and O–H groups in total. The third kappa shape index (κ3) is 1.57. The van der Waals surface area contributed by atoms with Gasteiger partial charge in [0.15, 0.2) is 0 Å². The molecule has 0 saturated carbocycles. The average Bonchev–Trinajstić information content (AvgIpc) is 2.72. The van der Waals surface area contributed by atoms with E-state index in [1.54, 1.807) is 6.20 Å². The largest absolute Gasteiger partial charge is 0.289 e. The summed E-state index contributed by atoms with van der Waals surface area (Å²) in [6.07, 6.45) is 2.30. The van der Waals surface area contributed by atoms with Crippen molar-refractivity contribution < 1.29 is 9.18 Å². The van der Waals surface area contributed by atoms with Crippen LogP contribution in [-0.2, 0) is 6.42 Å². The highest BCUT2D eigenvalue weighted by atomic mass is 79.9. The first-order valence-corrected chi connectivity index (χ1v) is 6.66. The molecule has 0 bridgehead atoms. The van der Waals surface area contributed by atoms with Crippen molar-refractivity contribution in [1.82, 2.24) is 10.2 Å². The number of aromatic nitrogens is 2. The normalized spacial score (nSPS) is 24.1. The lowest BCUT2D eigenvalue weighted by atomic mass is 9.88. The molecule has 1 unspecified atom stereocenters. The summed E-state index contributed by atoms with van der Waals surface area (Å²) in [5, 5.41) is 7.57. The maximum atomic E-state index is 14.0. The standard InChI is InChI=1S/C11H7Br2FN2O/c12-9-6-4-15-16-7(6)3-5-1-2-11(13,14)10(17)8(5)9/h3-4H,1-2H2,(H,15,16). The van der Waals surface area contributed by atoms with Crippen LogP contribution in [0, 0.1) is 0 Å². The van der Waals surface area contributed by atoms with E-state index in [0.29, 0.717) is 16.5 Å². The predicted molar refractivity (Wildman–Crippen MR) is 69.2 cm³/mol. The predicted octanol–water partition coefficient (Wildman–Crippen LogP) is 3.52. The topological polar surface area (TPSA) is 45.8 Å². The minimum Gasteiger partial charge on any atom is -0.289 e. The molecule has 0 radical (unpaired) electrons. The monoisotopic (exact) mass is 360 g/mol. The number of fused-ring (bicyclic) bond motifs is 2. The molecule has 1 atom stereocenters. The Morgan fingerprint density at radius 3 is 3.06 bits per heavy atom. The fraction of sp³-hybridized carbons (Fsp3) is 0.273. The number of aromatic amines is 1. The molecule has 0 spiro atoms. The van der Waals surface area contributed by atoms with E-state index < -0.39 is 10.4 Å². The zero-order valence-electron chi connectivity index (χ0n) is 8.56. The number of nitrogens with zero attached hydrogens (tertiary/aromatic N) is 1. The highest BCUT2D eigenvalue weighted by Crippen LogP contribution is 2.41. The van der Waals surface area contributed by atoms with Gasteiger partial charge in [0.25, 0.3) is 0 Å². The fourth-order valence-electron chi connectivity index (χ4n) is 2.13. The molecule has 0 saturated heterocycles. The number of halogens is 3. The summed E-state index contributed by atoms with van der Waals surface area (Å²) < 4.78 is 12.6. The first-order valence-electron chi connectivity index (χ1n) is 5.08. The highest BCUT2D eigenvalue weighted by molar-refractivity contribution is 9.11. The first kappa shape index (κ1) is 11.3. The molecule has 88 valence electrons. The third-order valence-corrected chi connectivity index (χ3v) is 4.61. The number of Topliss-reactive ketones (excluding diaryl/α,β-unsaturated/α-hetero) is 1. The van der Waals surface area contributed by atoms with Crippen LogP contribution >= 0.6 is 31.9 Å². The Morgan fingerprint density at radius 2 is 2.29 bits per heavy atom. The van der Waals surface area contributed by atoms with Crippen LogP contribution in [0.1, 0.15) is 22.3 Å². The summed E-state index contributed by atoms with van der Waals surface area (Å²) in [5.74, 6) is -0.520. The maximum absolute atomic E-state index is 14.0. The number of hydrogen-bond donors (Lipinski definition) is 1. The number of H-pyrrole nitrogens is 1. The van der Waals surface area contributed by atoms with Gasteiger partial charge in [-0.25, -0.2) is 4.39 Å². The molecule has 6 heteroatoms. The van der Waals surface area contributed by atoms with Gasteiger partial charge in [0, 0.05) is 21.8 Å². The number of rotatable bonds is 0. The second kappa shape index (κ2) is 3.62. The van der Waals surface area contributed by atoms with E-state index in [-0.39, 0.29) is 6.42 Å². The number of alkyl halides is 2. The second-order valence-electron chi connectivity index (χ2n) is 4.09. The van der Waals surface area contributed by atoms with Gasteiger partial charge in [-0.3, -0.25) is 9.89 Å². The number of ketones is 1. The summed E-state index contributed by atoms with van der Waals surface area (Å²) in [4.78, 5) is 12.0. The average molecular weight is 362 g/mol. The molecule has 1 aliphatic carbocycles. The quantitative estimate of drug-likeness (QED) is 0.730. The highest BCUT2D eigenvalue weighted by Gasteiger charge is 2.42. The van der Waals surface area contributed by atoms with Crippen LogP contribution in [0.3, 0.4) is 0 Å². The van der Waals surface area contributed by atoms with Crippen LogP contribution in [0.15, 0.2) is 16.7 Å². The number of benzene rings is 1. The van der Waals surface area contributed by atoms with Crippen LogP contribution in [0.5, 0.6) is 0 Å². The SMILES string of the molecule is O=C1c2c(cc3[nH]ncc3c2Br)CCC1(F)Br. The van der Waals surface area contributed by atoms with Crippen LogP contribution < -0.4 is 0 Å². The Kier molecular flexibility index (Phi) is 2.42. The lowest BCUT2D eigenvalue weighted by Crippen LogP contribution is -2.32. The lowest BCUT2D eigenvalue weighted by molar-refractivity contribution is 0.0822. The molecular weight excluding hydrogens is 355 g/mol. The van der Waals surface area contributed by atoms with Crippen molar-refractivity contribution in [3.63, 3.8) is 0 Å². The van der Waals surface area contributed by atoms with E-state index in [4.69, 9.17) is 0 Å². The van der Waals surface area contributed by atoms with Gasteiger partial charge in [0.05, 0.1) is 11.7 Å². The minimum absolute atomic E-state index is 0.158. The van der Waals surface area contributed by atoms with Gasteiger partial charge in [0.2, 0.25) is 10.4 Å². The molecule has 3 nitrogen and oxygen atoms in total. The molecule has 17 heavy (non-hydrogen) atoms. The van der Waals surface area contributed by atoms with Crippen LogP contribution in [-0.4, -0.2) is 20.6 Å². The molecule has 2 aromatic rings. The van der Waals surface area contributed by atoms with Gasteiger partial charge in [-0.1, -0.05) is 0 Å². The van der Waals surface area contributed by atoms with Crippen LogP contribution in [0.4, 0.5) is 4.39 Å². The molecule has 0 aliphatic heterocycles. The van der Waals surface area contributed by atoms with E-state index in [2.05, 4.69) is 42.1 Å². The molecule has 3 rings (SSSR count). The van der Waals surface area contributed by atoms with E-state index in [9.17, 15) is 9.18 Å². The zero-order chi connectivity index (χ0) is 12.2. The molecule has 0 amide bonds. The van der Waals surface area contributed by atoms with Crippen molar-refractivity contribution in [2.45, 2.75) is 17.4 Å². The van der Waals surface area contributed by atoms with Gasteiger partial charge in [0.1, 0.15) is 0 Å². The van der Waals surface area contributed by atoms with Gasteiger partial charge < -0.3 is 0 Å². The van der Waals surface area contributed by atoms with E-state index in [1.807, 2.05) is 6.07 Å². The second-order valence-corrected chi connectivity index (χ2v) is 6.14. The fourth-order valence-corrected chi connectivity index (χ4v) is 3.28. The molecular formula is C11H7Br2FN2O. The van der Waals surface area contributed by atoms with Crippen molar-refractivity contribution in [3.05, 3.63) is 27.9 Å². The molecule has 1 aromatic heterocycles. The summed E-state index contributed by atoms with van der Waals surface area (Å²) in [6, 6.07) is 1.86. The smallest absolute Gasteiger partial charge is 0.227 e. The maximum Gasteiger partial charge on any atom is 0.227 e. The zero-order valence-corrected chi connectivity index (χ0v) is 11.7. The summed E-state index contributed by atoms with van der Waals surface area (Å²) in [7, 11) is 0. The number of aryl methyl sites for hydroxylation is 1. The van der Waals surface area contributed by atoms with Crippen LogP contribution in [0.25, 0.3) is 10.9 Å². The van der Waals surface area contributed by atoms with Crippen molar-refractivity contribution >= 4 is 48.5 Å². The molecule has 0 fully saturated rings.